The molecule has 0 saturated heterocycles. The minimum absolute atomic E-state index is 0.131. The molecule has 1 rings (SSSR count). The molecule has 0 heterocycles. The van der Waals surface area contributed by atoms with Gasteiger partial charge in [0.25, 0.3) is 0 Å². The molecule has 0 radical (unpaired) electrons. The van der Waals surface area contributed by atoms with Crippen LogP contribution in [-0.4, -0.2) is 10.9 Å². The molecule has 2 nitrogen and oxygen atoms in total. The highest BCUT2D eigenvalue weighted by Crippen LogP contribution is 2.17. The van der Waals surface area contributed by atoms with Gasteiger partial charge in [-0.05, 0) is 30.7 Å². The van der Waals surface area contributed by atoms with Crippen LogP contribution in [0, 0.1) is 0 Å². The molecule has 0 aliphatic heterocycles. The molecule has 0 unspecified atom stereocenters. The van der Waals surface area contributed by atoms with E-state index in [0.29, 0.717) is 11.1 Å². The molecule has 0 bridgehead atoms. The van der Waals surface area contributed by atoms with E-state index < -0.39 is 0 Å². The minimum atomic E-state index is -0.131. The van der Waals surface area contributed by atoms with Gasteiger partial charge in [0.15, 0.2) is 5.78 Å². The van der Waals surface area contributed by atoms with Crippen LogP contribution in [0.25, 0.3) is 6.08 Å². The monoisotopic (exact) mass is 188 g/mol. The lowest BCUT2D eigenvalue weighted by atomic mass is 10.1. The van der Waals surface area contributed by atoms with E-state index in [1.807, 2.05) is 0 Å². The molecule has 0 aliphatic rings. The number of para-hydroxylation sites is 1. The lowest BCUT2D eigenvalue weighted by molar-refractivity contribution is -0.111. The molecule has 72 valence electrons. The highest BCUT2D eigenvalue weighted by Gasteiger charge is 1.97. The summed E-state index contributed by atoms with van der Waals surface area (Å²) in [7, 11) is 0. The SMILES string of the molecule is C=C(C)C(=O)C=Cc1ccccc1O. The summed E-state index contributed by atoms with van der Waals surface area (Å²) >= 11 is 0. The second kappa shape index (κ2) is 4.42. The Labute approximate surface area is 83.2 Å². The van der Waals surface area contributed by atoms with Gasteiger partial charge in [-0.2, -0.15) is 0 Å². The summed E-state index contributed by atoms with van der Waals surface area (Å²) in [6.45, 7) is 5.18. The van der Waals surface area contributed by atoms with Crippen molar-refractivity contribution < 1.29 is 9.90 Å². The summed E-state index contributed by atoms with van der Waals surface area (Å²) in [5, 5.41) is 9.38. The van der Waals surface area contributed by atoms with Gasteiger partial charge in [0.1, 0.15) is 5.75 Å². The first-order valence-corrected chi connectivity index (χ1v) is 4.27. The van der Waals surface area contributed by atoms with Crippen LogP contribution < -0.4 is 0 Å². The number of rotatable bonds is 3. The first-order valence-electron chi connectivity index (χ1n) is 4.27. The van der Waals surface area contributed by atoms with Crippen molar-refractivity contribution in [3.05, 3.63) is 48.1 Å². The van der Waals surface area contributed by atoms with Gasteiger partial charge in [0, 0.05) is 5.56 Å². The number of carbonyl (C=O) groups is 1. The fourth-order valence-electron chi connectivity index (χ4n) is 0.936. The molecule has 1 aromatic carbocycles. The van der Waals surface area contributed by atoms with Gasteiger partial charge in [-0.1, -0.05) is 24.8 Å². The van der Waals surface area contributed by atoms with E-state index >= 15 is 0 Å². The van der Waals surface area contributed by atoms with E-state index in [-0.39, 0.29) is 11.5 Å². The summed E-state index contributed by atoms with van der Waals surface area (Å²) in [4.78, 5) is 11.2. The molecular weight excluding hydrogens is 176 g/mol. The van der Waals surface area contributed by atoms with Crippen LogP contribution in [0.4, 0.5) is 0 Å². The molecule has 2 heteroatoms. The van der Waals surface area contributed by atoms with Gasteiger partial charge in [0.2, 0.25) is 0 Å². The van der Waals surface area contributed by atoms with Crippen LogP contribution in [0.5, 0.6) is 5.75 Å². The van der Waals surface area contributed by atoms with Crippen LogP contribution in [0.15, 0.2) is 42.5 Å². The van der Waals surface area contributed by atoms with Gasteiger partial charge in [-0.25, -0.2) is 0 Å². The zero-order chi connectivity index (χ0) is 10.6. The Bertz CT molecular complexity index is 389. The lowest BCUT2D eigenvalue weighted by Gasteiger charge is -1.96. The van der Waals surface area contributed by atoms with Crippen molar-refractivity contribution in [2.45, 2.75) is 6.92 Å². The van der Waals surface area contributed by atoms with Crippen LogP contribution in [0.1, 0.15) is 12.5 Å². The molecule has 1 aromatic rings. The maximum absolute atomic E-state index is 11.2. The van der Waals surface area contributed by atoms with Gasteiger partial charge in [-0.15, -0.1) is 0 Å². The largest absolute Gasteiger partial charge is 0.507 e. The van der Waals surface area contributed by atoms with Crippen LogP contribution in [0.2, 0.25) is 0 Å². The number of benzene rings is 1. The van der Waals surface area contributed by atoms with Gasteiger partial charge < -0.3 is 5.11 Å². The molecule has 0 fully saturated rings. The number of allylic oxidation sites excluding steroid dienone is 2. The molecular formula is C12H12O2. The molecule has 1 N–H and O–H groups in total. The molecule has 0 spiro atoms. The zero-order valence-electron chi connectivity index (χ0n) is 8.03. The second-order valence-corrected chi connectivity index (χ2v) is 3.04. The molecule has 0 saturated carbocycles. The normalized spacial score (nSPS) is 10.4. The molecule has 0 aliphatic carbocycles. The van der Waals surface area contributed by atoms with E-state index in [4.69, 9.17) is 0 Å². The van der Waals surface area contributed by atoms with E-state index in [9.17, 15) is 9.90 Å². The molecule has 0 atom stereocenters. The van der Waals surface area contributed by atoms with E-state index in [1.165, 1.54) is 6.08 Å². The average Bonchev–Trinajstić information content (AvgIpc) is 2.16. The zero-order valence-corrected chi connectivity index (χ0v) is 8.03. The van der Waals surface area contributed by atoms with Crippen LogP contribution in [-0.2, 0) is 4.79 Å². The number of phenols is 1. The smallest absolute Gasteiger partial charge is 0.180 e. The van der Waals surface area contributed by atoms with E-state index in [1.54, 1.807) is 37.3 Å². The highest BCUT2D eigenvalue weighted by atomic mass is 16.3. The van der Waals surface area contributed by atoms with Crippen LogP contribution in [0.3, 0.4) is 0 Å². The fourth-order valence-corrected chi connectivity index (χ4v) is 0.936. The summed E-state index contributed by atoms with van der Waals surface area (Å²) in [6, 6.07) is 6.83. The number of aromatic hydroxyl groups is 1. The van der Waals surface area contributed by atoms with Crippen molar-refractivity contribution in [2.24, 2.45) is 0 Å². The topological polar surface area (TPSA) is 37.3 Å². The Morgan fingerprint density at radius 1 is 1.43 bits per heavy atom. The third-order valence-corrected chi connectivity index (χ3v) is 1.77. The number of ketones is 1. The lowest BCUT2D eigenvalue weighted by Crippen LogP contribution is -1.91. The summed E-state index contributed by atoms with van der Waals surface area (Å²) in [5.74, 6) is 0.0338. The van der Waals surface area contributed by atoms with Crippen molar-refractivity contribution >= 4 is 11.9 Å². The summed E-state index contributed by atoms with van der Waals surface area (Å²) in [6.07, 6.45) is 2.98. The fraction of sp³-hybridized carbons (Fsp3) is 0.0833. The number of carbonyl (C=O) groups excluding carboxylic acids is 1. The van der Waals surface area contributed by atoms with Gasteiger partial charge in [0.05, 0.1) is 0 Å². The highest BCUT2D eigenvalue weighted by molar-refractivity contribution is 6.05. The Kier molecular flexibility index (Phi) is 3.24. The maximum Gasteiger partial charge on any atom is 0.180 e. The van der Waals surface area contributed by atoms with E-state index in [2.05, 4.69) is 6.58 Å². The van der Waals surface area contributed by atoms with Crippen molar-refractivity contribution in [3.8, 4) is 5.75 Å². The first-order chi connectivity index (χ1) is 6.61. The Morgan fingerprint density at radius 3 is 2.64 bits per heavy atom. The summed E-state index contributed by atoms with van der Waals surface area (Å²) in [5.41, 5.74) is 1.11. The Balaban J connectivity index is 2.84. The maximum atomic E-state index is 11.2. The molecule has 0 aromatic heterocycles. The molecule has 0 amide bonds. The number of hydrogen-bond acceptors (Lipinski definition) is 2. The third-order valence-electron chi connectivity index (χ3n) is 1.77. The standard InChI is InChI=1S/C12H12O2/c1-9(2)11(13)8-7-10-5-3-4-6-12(10)14/h3-8,14H,1H2,2H3. The Hall–Kier alpha value is -1.83. The quantitative estimate of drug-likeness (QED) is 0.740. The van der Waals surface area contributed by atoms with Crippen LogP contribution >= 0.6 is 0 Å². The van der Waals surface area contributed by atoms with Crippen molar-refractivity contribution in [3.63, 3.8) is 0 Å². The second-order valence-electron chi connectivity index (χ2n) is 3.04. The Morgan fingerprint density at radius 2 is 2.07 bits per heavy atom. The van der Waals surface area contributed by atoms with Crippen molar-refractivity contribution in [2.75, 3.05) is 0 Å². The predicted octanol–water partition coefficient (Wildman–Crippen LogP) is 2.55. The van der Waals surface area contributed by atoms with Crippen molar-refractivity contribution in [1.82, 2.24) is 0 Å². The average molecular weight is 188 g/mol. The molecule has 14 heavy (non-hydrogen) atoms. The number of hydrogen-bond donors (Lipinski definition) is 1. The third kappa shape index (κ3) is 2.59. The predicted molar refractivity (Wildman–Crippen MR) is 57.0 cm³/mol. The van der Waals surface area contributed by atoms with Crippen molar-refractivity contribution in [1.29, 1.82) is 0 Å². The van der Waals surface area contributed by atoms with E-state index in [0.717, 1.165) is 0 Å². The first kappa shape index (κ1) is 10.3. The summed E-state index contributed by atoms with van der Waals surface area (Å²) < 4.78 is 0. The van der Waals surface area contributed by atoms with Gasteiger partial charge >= 0.3 is 0 Å². The van der Waals surface area contributed by atoms with Gasteiger partial charge in [-0.3, -0.25) is 4.79 Å². The minimum Gasteiger partial charge on any atom is -0.507 e. The number of phenolic OH excluding ortho intramolecular Hbond substituents is 1.